The van der Waals surface area contributed by atoms with Gasteiger partial charge in [-0.05, 0) is 32.4 Å². The van der Waals surface area contributed by atoms with Crippen LogP contribution in [0.5, 0.6) is 0 Å². The molecule has 0 saturated carbocycles. The molecule has 2 N–H and O–H groups in total. The number of carbonyl (C=O) groups excluding carboxylic acids is 1. The molecule has 0 atom stereocenters. The van der Waals surface area contributed by atoms with E-state index in [-0.39, 0.29) is 18.5 Å². The summed E-state index contributed by atoms with van der Waals surface area (Å²) in [5, 5.41) is 3.18. The van der Waals surface area contributed by atoms with E-state index in [9.17, 15) is 13.2 Å². The Kier molecular flexibility index (Phi) is 5.87. The van der Waals surface area contributed by atoms with Crippen molar-refractivity contribution in [2.45, 2.75) is 32.3 Å². The Morgan fingerprint density at radius 2 is 2.06 bits per heavy atom. The quantitative estimate of drug-likeness (QED) is 0.682. The fraction of sp³-hybridized carbons (Fsp3) is 0.900. The van der Waals surface area contributed by atoms with E-state index in [1.807, 2.05) is 4.72 Å². The zero-order valence-electron chi connectivity index (χ0n) is 10.1. The second-order valence-electron chi connectivity index (χ2n) is 4.10. The Hall–Kier alpha value is -0.660. The van der Waals surface area contributed by atoms with Crippen molar-refractivity contribution in [1.29, 1.82) is 0 Å². The molecule has 17 heavy (non-hydrogen) atoms. The van der Waals surface area contributed by atoms with Crippen LogP contribution in [0.1, 0.15) is 26.2 Å². The summed E-state index contributed by atoms with van der Waals surface area (Å²) in [6.07, 6.45) is 2.25. The third-order valence-electron chi connectivity index (χ3n) is 2.48. The zero-order chi connectivity index (χ0) is 12.7. The number of rotatable bonds is 6. The molecule has 1 rings (SSSR count). The first-order valence-electron chi connectivity index (χ1n) is 5.89. The minimum atomic E-state index is -3.48. The summed E-state index contributed by atoms with van der Waals surface area (Å²) in [4.78, 5) is 11.3. The number of nitrogens with one attached hydrogen (secondary N) is 2. The molecule has 1 aliphatic rings. The minimum absolute atomic E-state index is 0.0356. The number of hydrogen-bond donors (Lipinski definition) is 2. The van der Waals surface area contributed by atoms with Crippen molar-refractivity contribution in [3.05, 3.63) is 0 Å². The van der Waals surface area contributed by atoms with E-state index >= 15 is 0 Å². The van der Waals surface area contributed by atoms with E-state index in [2.05, 4.69) is 5.32 Å². The standard InChI is InChI=1S/C10H20N2O4S/c1-2-7-17(14,15)12-10(13)8-16-9-3-5-11-6-4-9/h9,11H,2-8H2,1H3,(H,12,13). The van der Waals surface area contributed by atoms with Gasteiger partial charge in [0.1, 0.15) is 6.61 Å². The molecule has 0 aromatic rings. The Morgan fingerprint density at radius 3 is 2.65 bits per heavy atom. The van der Waals surface area contributed by atoms with Crippen molar-refractivity contribution in [1.82, 2.24) is 10.0 Å². The third kappa shape index (κ3) is 5.99. The highest BCUT2D eigenvalue weighted by Gasteiger charge is 2.17. The summed E-state index contributed by atoms with van der Waals surface area (Å²) in [7, 11) is -3.48. The molecule has 0 bridgehead atoms. The fourth-order valence-electron chi connectivity index (χ4n) is 1.68. The van der Waals surface area contributed by atoms with Crippen molar-refractivity contribution in [2.24, 2.45) is 0 Å². The Labute approximate surface area is 102 Å². The lowest BCUT2D eigenvalue weighted by atomic mass is 10.1. The average molecular weight is 264 g/mol. The molecule has 1 aliphatic heterocycles. The number of piperidine rings is 1. The van der Waals surface area contributed by atoms with E-state index in [0.29, 0.717) is 6.42 Å². The van der Waals surface area contributed by atoms with Crippen molar-refractivity contribution in [3.8, 4) is 0 Å². The highest BCUT2D eigenvalue weighted by atomic mass is 32.2. The number of ether oxygens (including phenoxy) is 1. The van der Waals surface area contributed by atoms with Crippen LogP contribution < -0.4 is 10.0 Å². The molecule has 0 spiro atoms. The van der Waals surface area contributed by atoms with Gasteiger partial charge in [-0.15, -0.1) is 0 Å². The summed E-state index contributed by atoms with van der Waals surface area (Å²) in [6, 6.07) is 0. The lowest BCUT2D eigenvalue weighted by molar-refractivity contribution is -0.126. The second-order valence-corrected chi connectivity index (χ2v) is 5.95. The summed E-state index contributed by atoms with van der Waals surface area (Å²) >= 11 is 0. The Bertz CT molecular complexity index is 336. The van der Waals surface area contributed by atoms with Gasteiger partial charge in [-0.1, -0.05) is 6.92 Å². The predicted octanol–water partition coefficient (Wildman–Crippen LogP) is -0.389. The van der Waals surface area contributed by atoms with Crippen LogP contribution in [0.25, 0.3) is 0 Å². The molecular formula is C10H20N2O4S. The van der Waals surface area contributed by atoms with Crippen molar-refractivity contribution < 1.29 is 17.9 Å². The molecule has 0 aromatic heterocycles. The summed E-state index contributed by atoms with van der Waals surface area (Å²) in [5.74, 6) is -0.622. The predicted molar refractivity (Wildman–Crippen MR) is 64.1 cm³/mol. The van der Waals surface area contributed by atoms with Gasteiger partial charge in [0.05, 0.1) is 11.9 Å². The van der Waals surface area contributed by atoms with Crippen LogP contribution in [0.2, 0.25) is 0 Å². The monoisotopic (exact) mass is 264 g/mol. The van der Waals surface area contributed by atoms with E-state index in [0.717, 1.165) is 25.9 Å². The van der Waals surface area contributed by atoms with Gasteiger partial charge in [-0.3, -0.25) is 9.52 Å². The average Bonchev–Trinajstić information content (AvgIpc) is 2.27. The van der Waals surface area contributed by atoms with Gasteiger partial charge in [0.15, 0.2) is 0 Å². The van der Waals surface area contributed by atoms with E-state index in [1.54, 1.807) is 6.92 Å². The Balaban J connectivity index is 2.25. The zero-order valence-corrected chi connectivity index (χ0v) is 10.9. The molecule has 0 aromatic carbocycles. The minimum Gasteiger partial charge on any atom is -0.368 e. The molecule has 1 amide bonds. The third-order valence-corrected chi connectivity index (χ3v) is 3.96. The van der Waals surface area contributed by atoms with Crippen LogP contribution in [-0.2, 0) is 19.6 Å². The molecule has 100 valence electrons. The van der Waals surface area contributed by atoms with Gasteiger partial charge in [0.2, 0.25) is 10.0 Å². The lowest BCUT2D eigenvalue weighted by Crippen LogP contribution is -2.38. The molecule has 0 aliphatic carbocycles. The van der Waals surface area contributed by atoms with E-state index in [4.69, 9.17) is 4.74 Å². The first-order valence-corrected chi connectivity index (χ1v) is 7.54. The number of hydrogen-bond acceptors (Lipinski definition) is 5. The molecule has 0 radical (unpaired) electrons. The molecule has 0 unspecified atom stereocenters. The van der Waals surface area contributed by atoms with Gasteiger partial charge in [0, 0.05) is 0 Å². The molecule has 1 heterocycles. The highest BCUT2D eigenvalue weighted by molar-refractivity contribution is 7.90. The molecular weight excluding hydrogens is 244 g/mol. The molecule has 7 heteroatoms. The summed E-state index contributed by atoms with van der Waals surface area (Å²) in [6.45, 7) is 3.31. The van der Waals surface area contributed by atoms with Crippen molar-refractivity contribution >= 4 is 15.9 Å². The topological polar surface area (TPSA) is 84.5 Å². The first-order chi connectivity index (χ1) is 8.03. The number of carbonyl (C=O) groups is 1. The van der Waals surface area contributed by atoms with Crippen LogP contribution >= 0.6 is 0 Å². The van der Waals surface area contributed by atoms with Crippen LogP contribution in [-0.4, -0.2) is 45.9 Å². The van der Waals surface area contributed by atoms with E-state index < -0.39 is 15.9 Å². The SMILES string of the molecule is CCCS(=O)(=O)NC(=O)COC1CCNCC1. The van der Waals surface area contributed by atoms with Crippen LogP contribution in [0.4, 0.5) is 0 Å². The largest absolute Gasteiger partial charge is 0.368 e. The maximum atomic E-state index is 11.3. The second kappa shape index (κ2) is 6.93. The normalized spacial score (nSPS) is 17.9. The van der Waals surface area contributed by atoms with Crippen molar-refractivity contribution in [2.75, 3.05) is 25.4 Å². The first kappa shape index (κ1) is 14.4. The maximum absolute atomic E-state index is 11.3. The van der Waals surface area contributed by atoms with E-state index in [1.165, 1.54) is 0 Å². The van der Waals surface area contributed by atoms with Crippen LogP contribution in [0.3, 0.4) is 0 Å². The summed E-state index contributed by atoms with van der Waals surface area (Å²) < 4.78 is 29.9. The van der Waals surface area contributed by atoms with Crippen LogP contribution in [0.15, 0.2) is 0 Å². The van der Waals surface area contributed by atoms with Gasteiger partial charge in [0.25, 0.3) is 5.91 Å². The molecule has 6 nitrogen and oxygen atoms in total. The fourth-order valence-corrected chi connectivity index (χ4v) is 2.72. The van der Waals surface area contributed by atoms with Gasteiger partial charge in [-0.2, -0.15) is 0 Å². The number of sulfonamides is 1. The highest BCUT2D eigenvalue weighted by Crippen LogP contribution is 2.06. The lowest BCUT2D eigenvalue weighted by Gasteiger charge is -2.22. The smallest absolute Gasteiger partial charge is 0.259 e. The summed E-state index contributed by atoms with van der Waals surface area (Å²) in [5.41, 5.74) is 0. The molecule has 1 saturated heterocycles. The van der Waals surface area contributed by atoms with Gasteiger partial charge in [-0.25, -0.2) is 8.42 Å². The van der Waals surface area contributed by atoms with Gasteiger partial charge < -0.3 is 10.1 Å². The number of amides is 1. The Morgan fingerprint density at radius 1 is 1.41 bits per heavy atom. The van der Waals surface area contributed by atoms with Crippen LogP contribution in [0, 0.1) is 0 Å². The maximum Gasteiger partial charge on any atom is 0.259 e. The molecule has 1 fully saturated rings. The van der Waals surface area contributed by atoms with Crippen molar-refractivity contribution in [3.63, 3.8) is 0 Å². The van der Waals surface area contributed by atoms with Gasteiger partial charge >= 0.3 is 0 Å².